The first-order valence-corrected chi connectivity index (χ1v) is 11.2. The number of anilines is 1. The first-order valence-electron chi connectivity index (χ1n) is 11.2. The second kappa shape index (κ2) is 9.58. The summed E-state index contributed by atoms with van der Waals surface area (Å²) in [5, 5.41) is 7.24. The Morgan fingerprint density at radius 3 is 2.36 bits per heavy atom. The zero-order chi connectivity index (χ0) is 23.6. The predicted molar refractivity (Wildman–Crippen MR) is 115 cm³/mol. The second-order valence-electron chi connectivity index (χ2n) is 8.74. The summed E-state index contributed by atoms with van der Waals surface area (Å²) >= 11 is 0. The van der Waals surface area contributed by atoms with E-state index in [4.69, 9.17) is 0 Å². The second-order valence-corrected chi connectivity index (χ2v) is 8.74. The number of carbonyl (C=O) groups excluding carboxylic acids is 1. The van der Waals surface area contributed by atoms with Gasteiger partial charge in [-0.2, -0.15) is 5.10 Å². The minimum atomic E-state index is -4.75. The number of benzene rings is 1. The van der Waals surface area contributed by atoms with Crippen molar-refractivity contribution in [2.75, 3.05) is 25.0 Å². The van der Waals surface area contributed by atoms with Crippen LogP contribution in [0.3, 0.4) is 0 Å². The normalized spacial score (nSPS) is 18.5. The number of piperidine rings is 1. The Balaban J connectivity index is 1.30. The fourth-order valence-corrected chi connectivity index (χ4v) is 4.78. The zero-order valence-corrected chi connectivity index (χ0v) is 18.5. The van der Waals surface area contributed by atoms with Crippen LogP contribution in [0.4, 0.5) is 18.9 Å². The predicted octanol–water partition coefficient (Wildman–Crippen LogP) is 3.41. The molecule has 0 spiro atoms. The van der Waals surface area contributed by atoms with Crippen molar-refractivity contribution in [1.82, 2.24) is 19.2 Å². The average Bonchev–Trinajstić information content (AvgIpc) is 3.37. The van der Waals surface area contributed by atoms with Crippen molar-refractivity contribution >= 4 is 11.6 Å². The molecule has 33 heavy (non-hydrogen) atoms. The molecule has 1 aromatic carbocycles. The summed E-state index contributed by atoms with van der Waals surface area (Å²) in [7, 11) is 1.69. The summed E-state index contributed by atoms with van der Waals surface area (Å²) in [5.41, 5.74) is 0.351. The van der Waals surface area contributed by atoms with Crippen LogP contribution in [0.5, 0.6) is 5.75 Å². The molecule has 11 heteroatoms. The van der Waals surface area contributed by atoms with Crippen molar-refractivity contribution in [2.45, 2.75) is 56.8 Å². The molecule has 1 N–H and O–H groups in total. The van der Waals surface area contributed by atoms with Gasteiger partial charge in [0.2, 0.25) is 5.91 Å². The molecule has 1 amide bonds. The molecule has 0 radical (unpaired) electrons. The third-order valence-electron chi connectivity index (χ3n) is 6.36. The van der Waals surface area contributed by atoms with Gasteiger partial charge >= 0.3 is 12.1 Å². The lowest BCUT2D eigenvalue weighted by molar-refractivity contribution is -0.274. The van der Waals surface area contributed by atoms with Crippen molar-refractivity contribution in [3.05, 3.63) is 40.6 Å². The van der Waals surface area contributed by atoms with E-state index in [2.05, 4.69) is 15.2 Å². The van der Waals surface area contributed by atoms with Crippen LogP contribution in [0.15, 0.2) is 29.1 Å². The maximum atomic E-state index is 12.6. The van der Waals surface area contributed by atoms with Crippen LogP contribution < -0.4 is 15.7 Å². The molecule has 0 atom stereocenters. The number of hydrogen-bond acceptors (Lipinski definition) is 5. The monoisotopic (exact) mass is 467 g/mol. The fourth-order valence-electron chi connectivity index (χ4n) is 4.78. The number of nitrogens with one attached hydrogen (secondary N) is 1. The van der Waals surface area contributed by atoms with Crippen LogP contribution in [0.25, 0.3) is 0 Å². The number of halogens is 3. The number of aryl methyl sites for hydroxylation is 1. The van der Waals surface area contributed by atoms with E-state index < -0.39 is 6.36 Å². The first-order chi connectivity index (χ1) is 15.7. The molecule has 1 aliphatic heterocycles. The highest BCUT2D eigenvalue weighted by Crippen LogP contribution is 2.33. The van der Waals surface area contributed by atoms with Crippen LogP contribution in [0, 0.1) is 0 Å². The van der Waals surface area contributed by atoms with Crippen LogP contribution >= 0.6 is 0 Å². The van der Waals surface area contributed by atoms with Crippen LogP contribution in [0.1, 0.15) is 56.3 Å². The minimum absolute atomic E-state index is 0.0506. The molecule has 2 fully saturated rings. The third-order valence-corrected chi connectivity index (χ3v) is 6.36. The quantitative estimate of drug-likeness (QED) is 0.704. The van der Waals surface area contributed by atoms with Gasteiger partial charge in [0.05, 0.1) is 6.54 Å². The summed E-state index contributed by atoms with van der Waals surface area (Å²) in [6, 6.07) is 5.29. The average molecular weight is 467 g/mol. The van der Waals surface area contributed by atoms with E-state index in [-0.39, 0.29) is 35.9 Å². The lowest BCUT2D eigenvalue weighted by Crippen LogP contribution is -2.39. The highest BCUT2D eigenvalue weighted by atomic mass is 19.4. The Kier molecular flexibility index (Phi) is 6.78. The molecule has 0 bridgehead atoms. The summed E-state index contributed by atoms with van der Waals surface area (Å²) in [6.07, 6.45) is 1.16. The van der Waals surface area contributed by atoms with Crippen LogP contribution in [0.2, 0.25) is 0 Å². The minimum Gasteiger partial charge on any atom is -0.406 e. The topological polar surface area (TPSA) is 81.4 Å². The standard InChI is InChI=1S/C22H28F3N5O3/c1-28-21(32)30(17-4-2-3-5-17)20(27-28)15-10-12-29(13-11-15)14-19(31)26-16-6-8-18(9-7-16)33-22(23,24)25/h6-9,15,17H,2-5,10-14H2,1H3,(H,26,31). The molecular weight excluding hydrogens is 439 g/mol. The molecule has 1 aromatic heterocycles. The van der Waals surface area contributed by atoms with Gasteiger partial charge in [0.15, 0.2) is 0 Å². The Morgan fingerprint density at radius 1 is 1.12 bits per heavy atom. The van der Waals surface area contributed by atoms with Crippen molar-refractivity contribution in [2.24, 2.45) is 7.05 Å². The molecule has 1 saturated carbocycles. The van der Waals surface area contributed by atoms with Crippen molar-refractivity contribution in [1.29, 1.82) is 0 Å². The summed E-state index contributed by atoms with van der Waals surface area (Å²) in [4.78, 5) is 27.1. The van der Waals surface area contributed by atoms with E-state index in [1.54, 1.807) is 7.05 Å². The summed E-state index contributed by atoms with van der Waals surface area (Å²) in [6.45, 7) is 1.59. The first kappa shape index (κ1) is 23.3. The van der Waals surface area contributed by atoms with Gasteiger partial charge in [0, 0.05) is 24.7 Å². The van der Waals surface area contributed by atoms with E-state index in [1.165, 1.54) is 16.8 Å². The molecule has 0 unspecified atom stereocenters. The highest BCUT2D eigenvalue weighted by molar-refractivity contribution is 5.92. The Hall–Kier alpha value is -2.82. The number of alkyl halides is 3. The molecule has 2 aromatic rings. The number of nitrogens with zero attached hydrogens (tertiary/aromatic N) is 4. The number of ether oxygens (including phenoxy) is 1. The van der Waals surface area contributed by atoms with E-state index >= 15 is 0 Å². The number of carbonyl (C=O) groups is 1. The smallest absolute Gasteiger partial charge is 0.406 e. The van der Waals surface area contributed by atoms with Gasteiger partial charge in [-0.15, -0.1) is 13.2 Å². The van der Waals surface area contributed by atoms with Gasteiger partial charge in [0.1, 0.15) is 11.6 Å². The lowest BCUT2D eigenvalue weighted by atomic mass is 9.95. The van der Waals surface area contributed by atoms with Gasteiger partial charge in [-0.25, -0.2) is 9.48 Å². The summed E-state index contributed by atoms with van der Waals surface area (Å²) in [5.74, 6) is 0.464. The molecular formula is C22H28F3N5O3. The Bertz CT molecular complexity index is 1020. The van der Waals surface area contributed by atoms with Crippen molar-refractivity contribution < 1.29 is 22.7 Å². The van der Waals surface area contributed by atoms with Gasteiger partial charge in [-0.05, 0) is 63.0 Å². The number of hydrogen-bond donors (Lipinski definition) is 1. The molecule has 1 aliphatic carbocycles. The van der Waals surface area contributed by atoms with E-state index in [0.29, 0.717) is 18.8 Å². The van der Waals surface area contributed by atoms with E-state index in [9.17, 15) is 22.8 Å². The Labute approximate surface area is 189 Å². The highest BCUT2D eigenvalue weighted by Gasteiger charge is 2.32. The van der Waals surface area contributed by atoms with Crippen LogP contribution in [-0.2, 0) is 11.8 Å². The largest absolute Gasteiger partial charge is 0.573 e. The van der Waals surface area contributed by atoms with Gasteiger partial charge in [-0.3, -0.25) is 14.3 Å². The maximum absolute atomic E-state index is 12.6. The summed E-state index contributed by atoms with van der Waals surface area (Å²) < 4.78 is 43.9. The number of likely N-dealkylation sites (tertiary alicyclic amines) is 1. The number of amides is 1. The SMILES string of the molecule is Cn1nc(C2CCN(CC(=O)Nc3ccc(OC(F)(F)F)cc3)CC2)n(C2CCCC2)c1=O. The number of aromatic nitrogens is 3. The van der Waals surface area contributed by atoms with Crippen molar-refractivity contribution in [3.63, 3.8) is 0 Å². The van der Waals surface area contributed by atoms with Gasteiger partial charge in [-0.1, -0.05) is 12.8 Å². The van der Waals surface area contributed by atoms with Crippen molar-refractivity contribution in [3.8, 4) is 5.75 Å². The van der Waals surface area contributed by atoms with Gasteiger partial charge in [0.25, 0.3) is 0 Å². The molecule has 4 rings (SSSR count). The molecule has 1 saturated heterocycles. The van der Waals surface area contributed by atoms with Crippen LogP contribution in [-0.4, -0.2) is 51.2 Å². The van der Waals surface area contributed by atoms with Gasteiger partial charge < -0.3 is 10.1 Å². The maximum Gasteiger partial charge on any atom is 0.573 e. The molecule has 2 heterocycles. The molecule has 180 valence electrons. The van der Waals surface area contributed by atoms with E-state index in [1.807, 2.05) is 9.47 Å². The van der Waals surface area contributed by atoms with E-state index in [0.717, 1.165) is 56.5 Å². The lowest BCUT2D eigenvalue weighted by Gasteiger charge is -2.31. The number of rotatable bonds is 6. The molecule has 2 aliphatic rings. The fraction of sp³-hybridized carbons (Fsp3) is 0.591. The Morgan fingerprint density at radius 2 is 1.76 bits per heavy atom. The zero-order valence-electron chi connectivity index (χ0n) is 18.5. The molecule has 8 nitrogen and oxygen atoms in total. The third kappa shape index (κ3) is 5.76.